The number of piperidine rings is 1. The summed E-state index contributed by atoms with van der Waals surface area (Å²) in [5.41, 5.74) is 1.14. The third kappa shape index (κ3) is 6.61. The molecule has 188 valence electrons. The quantitative estimate of drug-likeness (QED) is 0.519. The number of likely N-dealkylation sites (tertiary alicyclic amines) is 1. The lowest BCUT2D eigenvalue weighted by atomic mass is 10.1. The number of rotatable bonds is 8. The fourth-order valence-electron chi connectivity index (χ4n) is 4.53. The van der Waals surface area contributed by atoms with Crippen LogP contribution in [0.25, 0.3) is 0 Å². The summed E-state index contributed by atoms with van der Waals surface area (Å²) in [7, 11) is -3.33. The van der Waals surface area contributed by atoms with Crippen molar-refractivity contribution in [3.05, 3.63) is 54.1 Å². The van der Waals surface area contributed by atoms with Crippen LogP contribution in [-0.2, 0) is 14.6 Å². The third-order valence-electron chi connectivity index (χ3n) is 6.52. The van der Waals surface area contributed by atoms with E-state index in [-0.39, 0.29) is 23.3 Å². The minimum atomic E-state index is -3.33. The lowest BCUT2D eigenvalue weighted by Crippen LogP contribution is -2.52. The summed E-state index contributed by atoms with van der Waals surface area (Å²) >= 11 is 0. The molecule has 0 aliphatic carbocycles. The molecule has 2 saturated heterocycles. The Morgan fingerprint density at radius 2 is 1.60 bits per heavy atom. The van der Waals surface area contributed by atoms with Crippen molar-refractivity contribution >= 4 is 27.3 Å². The van der Waals surface area contributed by atoms with Crippen LogP contribution >= 0.6 is 0 Å². The second-order valence-corrected chi connectivity index (χ2v) is 11.2. The molecule has 0 atom stereocenters. The molecule has 8 nitrogen and oxygen atoms in total. The molecule has 2 fully saturated rings. The minimum Gasteiger partial charge on any atom is -0.494 e. The van der Waals surface area contributed by atoms with E-state index in [4.69, 9.17) is 4.74 Å². The lowest BCUT2D eigenvalue weighted by molar-refractivity contribution is -0.120. The second-order valence-electron chi connectivity index (χ2n) is 9.17. The maximum atomic E-state index is 12.8. The summed E-state index contributed by atoms with van der Waals surface area (Å²) in [4.78, 5) is 31.4. The number of amides is 2. The number of carbonyl (C=O) groups is 2. The Bertz CT molecular complexity index is 1130. The third-order valence-corrected chi connectivity index (χ3v) is 7.65. The molecule has 0 unspecified atom stereocenters. The van der Waals surface area contributed by atoms with Gasteiger partial charge in [-0.05, 0) is 80.9 Å². The number of ether oxygens (including phenoxy) is 1. The Morgan fingerprint density at radius 1 is 0.914 bits per heavy atom. The van der Waals surface area contributed by atoms with Crippen molar-refractivity contribution < 1.29 is 22.7 Å². The van der Waals surface area contributed by atoms with Gasteiger partial charge in [-0.25, -0.2) is 8.42 Å². The minimum absolute atomic E-state index is 0.0264. The molecule has 0 spiro atoms. The van der Waals surface area contributed by atoms with E-state index < -0.39 is 9.84 Å². The van der Waals surface area contributed by atoms with Crippen LogP contribution in [0.5, 0.6) is 5.75 Å². The molecule has 0 N–H and O–H groups in total. The number of anilines is 1. The molecule has 2 aromatic carbocycles. The van der Waals surface area contributed by atoms with Crippen LogP contribution in [0.15, 0.2) is 53.4 Å². The number of hydrogen-bond donors (Lipinski definition) is 0. The first-order chi connectivity index (χ1) is 16.8. The second kappa shape index (κ2) is 11.2. The first-order valence-corrected chi connectivity index (χ1v) is 14.1. The van der Waals surface area contributed by atoms with Gasteiger partial charge in [0.15, 0.2) is 9.84 Å². The fourth-order valence-corrected chi connectivity index (χ4v) is 5.16. The first kappa shape index (κ1) is 25.2. The van der Waals surface area contributed by atoms with Crippen LogP contribution in [0.1, 0.15) is 36.0 Å². The molecule has 2 aliphatic rings. The van der Waals surface area contributed by atoms with Crippen molar-refractivity contribution in [2.75, 3.05) is 57.0 Å². The van der Waals surface area contributed by atoms with Crippen molar-refractivity contribution in [2.24, 2.45) is 0 Å². The fraction of sp³-hybridized carbons (Fsp3) is 0.462. The van der Waals surface area contributed by atoms with E-state index >= 15 is 0 Å². The zero-order valence-corrected chi connectivity index (χ0v) is 21.0. The van der Waals surface area contributed by atoms with Crippen LogP contribution in [0.2, 0.25) is 0 Å². The van der Waals surface area contributed by atoms with Crippen LogP contribution < -0.4 is 9.64 Å². The van der Waals surface area contributed by atoms with E-state index in [2.05, 4.69) is 4.90 Å². The van der Waals surface area contributed by atoms with Crippen molar-refractivity contribution in [3.63, 3.8) is 0 Å². The van der Waals surface area contributed by atoms with Crippen molar-refractivity contribution in [3.8, 4) is 5.75 Å². The van der Waals surface area contributed by atoms with E-state index in [1.165, 1.54) is 61.5 Å². The van der Waals surface area contributed by atoms with E-state index in [0.717, 1.165) is 30.7 Å². The molecule has 0 saturated carbocycles. The Kier molecular flexibility index (Phi) is 8.07. The smallest absolute Gasteiger partial charge is 0.254 e. The average molecular weight is 500 g/mol. The Labute approximate surface area is 207 Å². The van der Waals surface area contributed by atoms with Crippen LogP contribution in [0.4, 0.5) is 5.69 Å². The molecule has 0 bridgehead atoms. The molecular formula is C26H33N3O5S. The monoisotopic (exact) mass is 499 g/mol. The van der Waals surface area contributed by atoms with E-state index in [1.807, 2.05) is 24.3 Å². The summed E-state index contributed by atoms with van der Waals surface area (Å²) in [5.74, 6) is 0.338. The summed E-state index contributed by atoms with van der Waals surface area (Å²) in [6.45, 7) is 4.88. The molecule has 35 heavy (non-hydrogen) atoms. The molecule has 2 aromatic rings. The van der Waals surface area contributed by atoms with Gasteiger partial charge < -0.3 is 19.4 Å². The highest BCUT2D eigenvalue weighted by molar-refractivity contribution is 7.90. The van der Waals surface area contributed by atoms with Crippen molar-refractivity contribution in [1.29, 1.82) is 0 Å². The molecule has 2 amide bonds. The molecular weight excluding hydrogens is 466 g/mol. The SMILES string of the molecule is CS(=O)(=O)c1ccc(C(=O)N2CCN(c3ccc(OCCCN4CCCCC4)cc3)C(=O)C2)cc1. The van der Waals surface area contributed by atoms with Gasteiger partial charge in [0, 0.05) is 37.1 Å². The molecule has 0 radical (unpaired) electrons. The number of benzene rings is 2. The zero-order valence-electron chi connectivity index (χ0n) is 20.2. The molecule has 4 rings (SSSR count). The van der Waals surface area contributed by atoms with Crippen molar-refractivity contribution in [2.45, 2.75) is 30.6 Å². The highest BCUT2D eigenvalue weighted by Crippen LogP contribution is 2.22. The van der Waals surface area contributed by atoms with Gasteiger partial charge in [0.2, 0.25) is 5.91 Å². The van der Waals surface area contributed by atoms with Gasteiger partial charge in [-0.2, -0.15) is 0 Å². The molecule has 0 aromatic heterocycles. The van der Waals surface area contributed by atoms with E-state index in [0.29, 0.717) is 25.3 Å². The van der Waals surface area contributed by atoms with Gasteiger partial charge in [-0.3, -0.25) is 9.59 Å². The number of hydrogen-bond acceptors (Lipinski definition) is 6. The number of nitrogens with zero attached hydrogens (tertiary/aromatic N) is 3. The predicted octanol–water partition coefficient (Wildman–Crippen LogP) is 2.83. The van der Waals surface area contributed by atoms with Crippen molar-refractivity contribution in [1.82, 2.24) is 9.80 Å². The maximum Gasteiger partial charge on any atom is 0.254 e. The van der Waals surface area contributed by atoms with Crippen LogP contribution in [-0.4, -0.2) is 82.2 Å². The Hall–Kier alpha value is -2.91. The highest BCUT2D eigenvalue weighted by atomic mass is 32.2. The zero-order chi connectivity index (χ0) is 24.8. The molecule has 9 heteroatoms. The highest BCUT2D eigenvalue weighted by Gasteiger charge is 2.28. The van der Waals surface area contributed by atoms with Crippen LogP contribution in [0, 0.1) is 0 Å². The normalized spacial score (nSPS) is 17.5. The molecule has 2 heterocycles. The van der Waals surface area contributed by atoms with E-state index in [9.17, 15) is 18.0 Å². The number of carbonyl (C=O) groups excluding carboxylic acids is 2. The van der Waals surface area contributed by atoms with Gasteiger partial charge >= 0.3 is 0 Å². The predicted molar refractivity (Wildman–Crippen MR) is 135 cm³/mol. The Morgan fingerprint density at radius 3 is 2.23 bits per heavy atom. The summed E-state index contributed by atoms with van der Waals surface area (Å²) in [6, 6.07) is 13.3. The summed E-state index contributed by atoms with van der Waals surface area (Å²) in [6.07, 6.45) is 6.04. The van der Waals surface area contributed by atoms with Gasteiger partial charge in [0.1, 0.15) is 12.3 Å². The maximum absolute atomic E-state index is 12.8. The van der Waals surface area contributed by atoms with E-state index in [1.54, 1.807) is 4.90 Å². The first-order valence-electron chi connectivity index (χ1n) is 12.2. The molecule has 2 aliphatic heterocycles. The van der Waals surface area contributed by atoms with Gasteiger partial charge in [0.05, 0.1) is 11.5 Å². The van der Waals surface area contributed by atoms with Gasteiger partial charge in [-0.1, -0.05) is 6.42 Å². The van der Waals surface area contributed by atoms with Crippen LogP contribution in [0.3, 0.4) is 0 Å². The standard InChI is InChI=1S/C26H33N3O5S/c1-35(32,33)24-12-6-21(7-13-24)26(31)28-17-18-29(25(30)20-28)22-8-10-23(11-9-22)34-19-5-16-27-14-3-2-4-15-27/h6-13H,2-5,14-20H2,1H3. The largest absolute Gasteiger partial charge is 0.494 e. The Balaban J connectivity index is 1.26. The average Bonchev–Trinajstić information content (AvgIpc) is 2.87. The van der Waals surface area contributed by atoms with Gasteiger partial charge in [-0.15, -0.1) is 0 Å². The number of sulfone groups is 1. The number of piperazine rings is 1. The summed E-state index contributed by atoms with van der Waals surface area (Å²) in [5, 5.41) is 0. The summed E-state index contributed by atoms with van der Waals surface area (Å²) < 4.78 is 29.1. The van der Waals surface area contributed by atoms with Gasteiger partial charge in [0.25, 0.3) is 5.91 Å². The lowest BCUT2D eigenvalue weighted by Gasteiger charge is -2.34. The topological polar surface area (TPSA) is 87.2 Å².